The van der Waals surface area contributed by atoms with E-state index in [2.05, 4.69) is 46.8 Å². The van der Waals surface area contributed by atoms with E-state index in [1.807, 2.05) is 23.9 Å². The Labute approximate surface area is 135 Å². The summed E-state index contributed by atoms with van der Waals surface area (Å²) in [6.45, 7) is 2.97. The molecule has 0 aliphatic heterocycles. The van der Waals surface area contributed by atoms with Crippen molar-refractivity contribution in [2.45, 2.75) is 18.2 Å². The third-order valence-corrected chi connectivity index (χ3v) is 4.16. The highest BCUT2D eigenvalue weighted by Gasteiger charge is 1.97. The zero-order valence-electron chi connectivity index (χ0n) is 12.0. The highest BCUT2D eigenvalue weighted by atomic mass is 32.2. The van der Waals surface area contributed by atoms with E-state index < -0.39 is 0 Å². The lowest BCUT2D eigenvalue weighted by atomic mass is 10.2. The predicted octanol–water partition coefficient (Wildman–Crippen LogP) is 3.86. The van der Waals surface area contributed by atoms with E-state index in [0.717, 1.165) is 24.4 Å². The highest BCUT2D eigenvalue weighted by Crippen LogP contribution is 2.18. The summed E-state index contributed by atoms with van der Waals surface area (Å²) in [5.41, 5.74) is 2.21. The summed E-state index contributed by atoms with van der Waals surface area (Å²) in [5, 5.41) is 6.96. The van der Waals surface area contributed by atoms with Gasteiger partial charge in [0, 0.05) is 17.6 Å². The summed E-state index contributed by atoms with van der Waals surface area (Å²) in [4.78, 5) is 5.35. The summed E-state index contributed by atoms with van der Waals surface area (Å²) >= 11 is 7.11. The number of hydrogen-bond acceptors (Lipinski definition) is 3. The number of nitrogens with zero attached hydrogens (tertiary/aromatic N) is 1. The fraction of sp³-hybridized carbons (Fsp3) is 0.250. The minimum absolute atomic E-state index is 0.642. The molecule has 0 unspecified atom stereocenters. The van der Waals surface area contributed by atoms with Gasteiger partial charge in [-0.1, -0.05) is 17.7 Å². The summed E-state index contributed by atoms with van der Waals surface area (Å²) in [6, 6.07) is 12.4. The maximum absolute atomic E-state index is 5.24. The molecular formula is C16H19N3S2. The van der Waals surface area contributed by atoms with E-state index in [0.29, 0.717) is 5.11 Å². The van der Waals surface area contributed by atoms with Crippen LogP contribution in [-0.2, 0) is 0 Å². The van der Waals surface area contributed by atoms with Crippen molar-refractivity contribution in [3.63, 3.8) is 0 Å². The normalized spacial score (nSPS) is 10.1. The number of hydrogen-bond donors (Lipinski definition) is 2. The molecule has 0 atom stereocenters. The summed E-state index contributed by atoms with van der Waals surface area (Å²) in [7, 11) is 0. The van der Waals surface area contributed by atoms with E-state index in [-0.39, 0.29) is 0 Å². The van der Waals surface area contributed by atoms with Crippen LogP contribution in [0.25, 0.3) is 0 Å². The van der Waals surface area contributed by atoms with Gasteiger partial charge in [0.2, 0.25) is 0 Å². The zero-order chi connectivity index (χ0) is 14.9. The largest absolute Gasteiger partial charge is 0.362 e. The third kappa shape index (κ3) is 6.14. The first-order chi connectivity index (χ1) is 10.2. The van der Waals surface area contributed by atoms with Crippen LogP contribution >= 0.6 is 24.0 Å². The van der Waals surface area contributed by atoms with Crippen molar-refractivity contribution >= 4 is 34.8 Å². The average molecular weight is 317 g/mol. The van der Waals surface area contributed by atoms with Gasteiger partial charge in [-0.2, -0.15) is 0 Å². The minimum Gasteiger partial charge on any atom is -0.362 e. The number of thioether (sulfide) groups is 1. The maximum Gasteiger partial charge on any atom is 0.170 e. The molecule has 3 nitrogen and oxygen atoms in total. The van der Waals surface area contributed by atoms with Gasteiger partial charge in [0.25, 0.3) is 0 Å². The number of aromatic nitrogens is 1. The highest BCUT2D eigenvalue weighted by molar-refractivity contribution is 7.99. The predicted molar refractivity (Wildman–Crippen MR) is 95.0 cm³/mol. The number of nitrogens with one attached hydrogen (secondary N) is 2. The maximum atomic E-state index is 5.24. The molecule has 0 radical (unpaired) electrons. The Kier molecular flexibility index (Phi) is 6.50. The second-order valence-corrected chi connectivity index (χ2v) is 6.21. The number of aryl methyl sites for hydroxylation is 1. The molecule has 1 aromatic heterocycles. The summed E-state index contributed by atoms with van der Waals surface area (Å²) < 4.78 is 0. The monoisotopic (exact) mass is 317 g/mol. The molecule has 0 spiro atoms. The van der Waals surface area contributed by atoms with Crippen molar-refractivity contribution < 1.29 is 0 Å². The van der Waals surface area contributed by atoms with Gasteiger partial charge >= 0.3 is 0 Å². The molecule has 2 rings (SSSR count). The van der Waals surface area contributed by atoms with Gasteiger partial charge in [0.05, 0.1) is 11.9 Å². The molecule has 110 valence electrons. The van der Waals surface area contributed by atoms with Crippen LogP contribution in [0.3, 0.4) is 0 Å². The summed E-state index contributed by atoms with van der Waals surface area (Å²) in [6.07, 6.45) is 4.55. The Balaban J connectivity index is 1.59. The smallest absolute Gasteiger partial charge is 0.170 e. The lowest BCUT2D eigenvalue weighted by Crippen LogP contribution is -2.29. The van der Waals surface area contributed by atoms with Crippen LogP contribution in [0.15, 0.2) is 53.7 Å². The SMILES string of the molecule is Cc1ccc(SCCCNC(=S)Nc2cccnc2)cc1. The van der Waals surface area contributed by atoms with Gasteiger partial charge < -0.3 is 10.6 Å². The third-order valence-electron chi connectivity index (χ3n) is 2.82. The van der Waals surface area contributed by atoms with Gasteiger partial charge in [-0.3, -0.25) is 4.98 Å². The van der Waals surface area contributed by atoms with Crippen molar-refractivity contribution in [3.8, 4) is 0 Å². The van der Waals surface area contributed by atoms with Crippen LogP contribution in [0.2, 0.25) is 0 Å². The Hall–Kier alpha value is -1.59. The van der Waals surface area contributed by atoms with E-state index in [9.17, 15) is 0 Å². The molecule has 21 heavy (non-hydrogen) atoms. The molecular weight excluding hydrogens is 298 g/mol. The molecule has 5 heteroatoms. The van der Waals surface area contributed by atoms with Crippen LogP contribution in [-0.4, -0.2) is 22.4 Å². The average Bonchev–Trinajstić information content (AvgIpc) is 2.50. The lowest BCUT2D eigenvalue weighted by Gasteiger charge is -2.09. The summed E-state index contributed by atoms with van der Waals surface area (Å²) in [5.74, 6) is 1.07. The van der Waals surface area contributed by atoms with Crippen molar-refractivity contribution in [1.82, 2.24) is 10.3 Å². The van der Waals surface area contributed by atoms with Crippen LogP contribution in [0.4, 0.5) is 5.69 Å². The van der Waals surface area contributed by atoms with Gasteiger partial charge in [-0.15, -0.1) is 11.8 Å². The molecule has 0 saturated heterocycles. The Morgan fingerprint density at radius 1 is 1.24 bits per heavy atom. The molecule has 0 saturated carbocycles. The van der Waals surface area contributed by atoms with Crippen molar-refractivity contribution in [2.75, 3.05) is 17.6 Å². The standard InChI is InChI=1S/C16H19N3S2/c1-13-5-7-15(8-6-13)21-11-3-10-18-16(20)19-14-4-2-9-17-12-14/h2,4-9,12H,3,10-11H2,1H3,(H2,18,19,20). The first-order valence-corrected chi connectivity index (χ1v) is 8.28. The van der Waals surface area contributed by atoms with Gasteiger partial charge in [-0.25, -0.2) is 0 Å². The van der Waals surface area contributed by atoms with E-state index in [1.54, 1.807) is 12.4 Å². The van der Waals surface area contributed by atoms with Crippen LogP contribution in [0.1, 0.15) is 12.0 Å². The van der Waals surface area contributed by atoms with Crippen molar-refractivity contribution in [1.29, 1.82) is 0 Å². The fourth-order valence-electron chi connectivity index (χ4n) is 1.71. The quantitative estimate of drug-likeness (QED) is 0.481. The number of anilines is 1. The van der Waals surface area contributed by atoms with E-state index >= 15 is 0 Å². The van der Waals surface area contributed by atoms with Crippen molar-refractivity contribution in [2.24, 2.45) is 0 Å². The van der Waals surface area contributed by atoms with Crippen molar-refractivity contribution in [3.05, 3.63) is 54.4 Å². The Morgan fingerprint density at radius 3 is 2.76 bits per heavy atom. The van der Waals surface area contributed by atoms with Crippen LogP contribution < -0.4 is 10.6 Å². The first-order valence-electron chi connectivity index (χ1n) is 6.88. The fourth-order valence-corrected chi connectivity index (χ4v) is 2.78. The Morgan fingerprint density at radius 2 is 2.05 bits per heavy atom. The van der Waals surface area contributed by atoms with Gasteiger partial charge in [0.15, 0.2) is 5.11 Å². The molecule has 1 heterocycles. The van der Waals surface area contributed by atoms with Crippen LogP contribution in [0.5, 0.6) is 0 Å². The number of thiocarbonyl (C=S) groups is 1. The van der Waals surface area contributed by atoms with Crippen LogP contribution in [0, 0.1) is 6.92 Å². The molecule has 0 bridgehead atoms. The topological polar surface area (TPSA) is 37.0 Å². The van der Waals surface area contributed by atoms with E-state index in [4.69, 9.17) is 12.2 Å². The van der Waals surface area contributed by atoms with Gasteiger partial charge in [-0.05, 0) is 55.6 Å². The number of rotatable bonds is 6. The second-order valence-electron chi connectivity index (χ2n) is 4.64. The number of benzene rings is 1. The number of pyridine rings is 1. The minimum atomic E-state index is 0.642. The molecule has 0 aliphatic rings. The Bertz CT molecular complexity index is 555. The van der Waals surface area contributed by atoms with Gasteiger partial charge in [0.1, 0.15) is 0 Å². The molecule has 2 aromatic rings. The molecule has 0 aliphatic carbocycles. The lowest BCUT2D eigenvalue weighted by molar-refractivity contribution is 0.854. The second kappa shape index (κ2) is 8.64. The van der Waals surface area contributed by atoms with E-state index in [1.165, 1.54) is 10.5 Å². The molecule has 0 fully saturated rings. The first kappa shape index (κ1) is 15.8. The molecule has 0 amide bonds. The molecule has 1 aromatic carbocycles. The zero-order valence-corrected chi connectivity index (χ0v) is 13.6. The molecule has 2 N–H and O–H groups in total.